The summed E-state index contributed by atoms with van der Waals surface area (Å²) in [4.78, 5) is 45.1. The SMILES string of the molecule is COC(=O)NC(CC(=O)[O-])C(=O)NC(Cc1ccccc1)C(=O)[O-].[Na+].[Na+]. The van der Waals surface area contributed by atoms with Gasteiger partial charge in [-0.05, 0) is 12.0 Å². The Balaban J connectivity index is 0. The van der Waals surface area contributed by atoms with E-state index in [-0.39, 0.29) is 65.5 Å². The molecule has 0 heterocycles. The Morgan fingerprint density at radius 1 is 1.00 bits per heavy atom. The number of hydrogen-bond donors (Lipinski definition) is 2. The number of ether oxygens (including phenoxy) is 1. The minimum atomic E-state index is -1.60. The van der Waals surface area contributed by atoms with Crippen LogP contribution in [0.2, 0.25) is 0 Å². The first-order valence-corrected chi connectivity index (χ1v) is 6.93. The number of carbonyl (C=O) groups excluding carboxylic acids is 4. The quantitative estimate of drug-likeness (QED) is 0.424. The van der Waals surface area contributed by atoms with Gasteiger partial charge in [-0.1, -0.05) is 30.3 Å². The molecule has 0 aromatic heterocycles. The summed E-state index contributed by atoms with van der Waals surface area (Å²) in [7, 11) is 1.03. The van der Waals surface area contributed by atoms with E-state index in [2.05, 4.69) is 10.1 Å². The molecule has 1 aromatic rings. The van der Waals surface area contributed by atoms with E-state index in [4.69, 9.17) is 0 Å². The zero-order valence-corrected chi connectivity index (χ0v) is 18.8. The van der Waals surface area contributed by atoms with Crippen molar-refractivity contribution < 1.29 is 93.2 Å². The first-order valence-electron chi connectivity index (χ1n) is 6.93. The monoisotopic (exact) mass is 382 g/mol. The molecular weight excluding hydrogens is 366 g/mol. The number of methoxy groups -OCH3 is 1. The molecule has 0 saturated heterocycles. The molecule has 0 saturated carbocycles. The number of carboxylic acid groups (broad SMARTS) is 2. The fourth-order valence-corrected chi connectivity index (χ4v) is 1.89. The Kier molecular flexibility index (Phi) is 14.6. The molecule has 0 aliphatic heterocycles. The van der Waals surface area contributed by atoms with Gasteiger partial charge in [0.1, 0.15) is 6.04 Å². The van der Waals surface area contributed by atoms with Gasteiger partial charge in [-0.3, -0.25) is 4.79 Å². The summed E-state index contributed by atoms with van der Waals surface area (Å²) in [6.07, 6.45) is -1.94. The molecule has 0 spiro atoms. The fourth-order valence-electron chi connectivity index (χ4n) is 1.89. The van der Waals surface area contributed by atoms with Crippen LogP contribution >= 0.6 is 0 Å². The molecule has 0 fully saturated rings. The van der Waals surface area contributed by atoms with E-state index in [1.165, 1.54) is 0 Å². The summed E-state index contributed by atoms with van der Waals surface area (Å²) in [5, 5.41) is 26.0. The molecule has 130 valence electrons. The summed E-state index contributed by atoms with van der Waals surface area (Å²) in [5.74, 6) is -4.15. The Morgan fingerprint density at radius 3 is 2.04 bits per heavy atom. The van der Waals surface area contributed by atoms with E-state index >= 15 is 0 Å². The van der Waals surface area contributed by atoms with Crippen LogP contribution in [0.5, 0.6) is 0 Å². The average Bonchev–Trinajstić information content (AvgIpc) is 2.53. The zero-order valence-electron chi connectivity index (χ0n) is 14.8. The molecule has 2 unspecified atom stereocenters. The van der Waals surface area contributed by atoms with Crippen molar-refractivity contribution in [1.82, 2.24) is 10.6 Å². The molecule has 2 amide bonds. The van der Waals surface area contributed by atoms with Crippen molar-refractivity contribution in [2.75, 3.05) is 7.11 Å². The van der Waals surface area contributed by atoms with E-state index in [1.807, 2.05) is 5.32 Å². The summed E-state index contributed by atoms with van der Waals surface area (Å²) in [6.45, 7) is 0. The summed E-state index contributed by atoms with van der Waals surface area (Å²) in [6, 6.07) is 5.51. The Bertz CT molecular complexity index is 613. The zero-order chi connectivity index (χ0) is 18.1. The largest absolute Gasteiger partial charge is 1.00 e. The molecule has 2 N–H and O–H groups in total. The number of benzene rings is 1. The van der Waals surface area contributed by atoms with Gasteiger partial charge in [-0.25, -0.2) is 4.79 Å². The van der Waals surface area contributed by atoms with Crippen LogP contribution in [0.3, 0.4) is 0 Å². The number of hydrogen-bond acceptors (Lipinski definition) is 7. The fraction of sp³-hybridized carbons (Fsp3) is 0.333. The minimum Gasteiger partial charge on any atom is -0.550 e. The first-order chi connectivity index (χ1) is 11.3. The van der Waals surface area contributed by atoms with Gasteiger partial charge in [-0.2, -0.15) is 0 Å². The van der Waals surface area contributed by atoms with Gasteiger partial charge >= 0.3 is 65.2 Å². The second-order valence-electron chi connectivity index (χ2n) is 4.83. The maximum atomic E-state index is 12.1. The first kappa shape index (κ1) is 27.1. The summed E-state index contributed by atoms with van der Waals surface area (Å²) >= 11 is 0. The molecule has 9 nitrogen and oxygen atoms in total. The van der Waals surface area contributed by atoms with Crippen LogP contribution in [0.25, 0.3) is 0 Å². The molecule has 2 atom stereocenters. The molecule has 1 aromatic carbocycles. The van der Waals surface area contributed by atoms with Gasteiger partial charge in [-0.15, -0.1) is 0 Å². The Hall–Kier alpha value is -1.10. The molecule has 26 heavy (non-hydrogen) atoms. The molecule has 0 bridgehead atoms. The maximum Gasteiger partial charge on any atom is 1.00 e. The van der Waals surface area contributed by atoms with Gasteiger partial charge in [0, 0.05) is 12.4 Å². The average molecular weight is 382 g/mol. The van der Waals surface area contributed by atoms with Crippen molar-refractivity contribution in [3.63, 3.8) is 0 Å². The van der Waals surface area contributed by atoms with Crippen LogP contribution in [-0.4, -0.2) is 43.1 Å². The normalized spacial score (nSPS) is 11.6. The van der Waals surface area contributed by atoms with Crippen molar-refractivity contribution in [3.8, 4) is 0 Å². The standard InChI is InChI=1S/C15H18N2O7.2Na/c1-24-15(23)17-10(8-12(18)19)13(20)16-11(14(21)22)7-9-5-3-2-4-6-9;;/h2-6,10-11H,7-8H2,1H3,(H,16,20)(H,17,23)(H,18,19)(H,21,22);;/q;2*+1/p-2. The van der Waals surface area contributed by atoms with Crippen molar-refractivity contribution in [2.45, 2.75) is 24.9 Å². The second-order valence-corrected chi connectivity index (χ2v) is 4.83. The van der Waals surface area contributed by atoms with E-state index in [9.17, 15) is 29.4 Å². The van der Waals surface area contributed by atoms with Crippen LogP contribution < -0.4 is 80.0 Å². The van der Waals surface area contributed by atoms with Gasteiger partial charge < -0.3 is 35.2 Å². The molecule has 0 aliphatic rings. The Morgan fingerprint density at radius 2 is 1.58 bits per heavy atom. The topological polar surface area (TPSA) is 148 Å². The summed E-state index contributed by atoms with van der Waals surface area (Å²) in [5.41, 5.74) is 0.629. The second kappa shape index (κ2) is 14.0. The van der Waals surface area contributed by atoms with Crippen LogP contribution in [0, 0.1) is 0 Å². The third-order valence-electron chi connectivity index (χ3n) is 3.05. The number of carboxylic acids is 2. The van der Waals surface area contributed by atoms with Gasteiger partial charge in [0.15, 0.2) is 0 Å². The number of alkyl carbamates (subject to hydrolysis) is 1. The summed E-state index contributed by atoms with van der Waals surface area (Å²) < 4.78 is 4.29. The van der Waals surface area contributed by atoms with Crippen molar-refractivity contribution in [2.24, 2.45) is 0 Å². The number of carbonyl (C=O) groups is 4. The molecule has 1 rings (SSSR count). The minimum absolute atomic E-state index is 0. The molecule has 0 radical (unpaired) electrons. The van der Waals surface area contributed by atoms with Gasteiger partial charge in [0.2, 0.25) is 5.91 Å². The molecular formula is C15H16N2Na2O7. The van der Waals surface area contributed by atoms with Gasteiger partial charge in [0.05, 0.1) is 19.1 Å². The maximum absolute atomic E-state index is 12.1. The third kappa shape index (κ3) is 10.1. The van der Waals surface area contributed by atoms with Crippen molar-refractivity contribution >= 4 is 23.9 Å². The third-order valence-corrected chi connectivity index (χ3v) is 3.05. The van der Waals surface area contributed by atoms with Crippen LogP contribution in [0.15, 0.2) is 30.3 Å². The smallest absolute Gasteiger partial charge is 0.550 e. The van der Waals surface area contributed by atoms with Crippen molar-refractivity contribution in [3.05, 3.63) is 35.9 Å². The van der Waals surface area contributed by atoms with Crippen LogP contribution in [0.4, 0.5) is 4.79 Å². The van der Waals surface area contributed by atoms with E-state index in [1.54, 1.807) is 30.3 Å². The van der Waals surface area contributed by atoms with Crippen LogP contribution in [-0.2, 0) is 25.5 Å². The number of rotatable bonds is 8. The predicted molar refractivity (Wildman–Crippen MR) is 76.0 cm³/mol. The van der Waals surface area contributed by atoms with Crippen molar-refractivity contribution in [1.29, 1.82) is 0 Å². The predicted octanol–water partition coefficient (Wildman–Crippen LogP) is -8.66. The number of amides is 2. The van der Waals surface area contributed by atoms with E-state index in [0.717, 1.165) is 7.11 Å². The number of aliphatic carboxylic acids is 2. The Labute approximate surface area is 194 Å². The molecule has 0 aliphatic carbocycles. The molecule has 11 heteroatoms. The van der Waals surface area contributed by atoms with Crippen LogP contribution in [0.1, 0.15) is 12.0 Å². The van der Waals surface area contributed by atoms with Gasteiger partial charge in [0.25, 0.3) is 0 Å². The van der Waals surface area contributed by atoms with E-state index < -0.39 is 42.4 Å². The number of nitrogens with one attached hydrogen (secondary N) is 2. The van der Waals surface area contributed by atoms with E-state index in [0.29, 0.717) is 5.56 Å².